The molecule has 0 bridgehead atoms. The van der Waals surface area contributed by atoms with Crippen molar-refractivity contribution in [3.8, 4) is 0 Å². The number of hydrogen-bond donors (Lipinski definition) is 5. The fourth-order valence-electron chi connectivity index (χ4n) is 4.69. The van der Waals surface area contributed by atoms with Crippen LogP contribution in [0.15, 0.2) is 23.0 Å². The number of nitrogens with zero attached hydrogens (tertiary/aromatic N) is 1. The summed E-state index contributed by atoms with van der Waals surface area (Å²) in [4.78, 5) is 33.1. The largest absolute Gasteiger partial charge is 0.373 e. The summed E-state index contributed by atoms with van der Waals surface area (Å²) in [5.41, 5.74) is 4.01. The van der Waals surface area contributed by atoms with E-state index in [1.54, 1.807) is 13.1 Å². The number of carbonyl (C=O) groups is 1. The fourth-order valence-corrected chi connectivity index (χ4v) is 4.69. The molecule has 1 aliphatic rings. The maximum absolute atomic E-state index is 13.2. The van der Waals surface area contributed by atoms with Crippen molar-refractivity contribution >= 4 is 23.5 Å². The lowest BCUT2D eigenvalue weighted by Gasteiger charge is -2.41. The lowest BCUT2D eigenvalue weighted by molar-refractivity contribution is 0.0950. The highest BCUT2D eigenvalue weighted by molar-refractivity contribution is 6.05. The number of hydrogen-bond acceptors (Lipinski definition) is 6. The minimum absolute atomic E-state index is 0.0942. The Morgan fingerprint density at radius 3 is 2.52 bits per heavy atom. The van der Waals surface area contributed by atoms with Gasteiger partial charge in [-0.3, -0.25) is 9.59 Å². The van der Waals surface area contributed by atoms with Gasteiger partial charge in [0.1, 0.15) is 5.82 Å². The molecule has 0 radical (unpaired) electrons. The number of aryl methyl sites for hydroxylation is 2. The van der Waals surface area contributed by atoms with Gasteiger partial charge in [-0.1, -0.05) is 6.08 Å². The van der Waals surface area contributed by atoms with Crippen LogP contribution in [-0.2, 0) is 6.54 Å². The smallest absolute Gasteiger partial charge is 0.253 e. The summed E-state index contributed by atoms with van der Waals surface area (Å²) in [6.45, 7) is 12.3. The molecule has 0 unspecified atom stereocenters. The fraction of sp³-hybridized carbons (Fsp3) is 0.440. The molecule has 2 aromatic heterocycles. The first-order valence-corrected chi connectivity index (χ1v) is 11.1. The zero-order chi connectivity index (χ0) is 24.6. The Bertz CT molecular complexity index is 1190. The van der Waals surface area contributed by atoms with E-state index in [1.165, 1.54) is 0 Å². The third kappa shape index (κ3) is 5.39. The van der Waals surface area contributed by atoms with Crippen molar-refractivity contribution in [3.63, 3.8) is 0 Å². The Morgan fingerprint density at radius 2 is 1.94 bits per heavy atom. The molecular formula is C25H34N6O2. The van der Waals surface area contributed by atoms with Crippen molar-refractivity contribution in [1.29, 1.82) is 5.41 Å². The number of aromatic nitrogens is 2. The van der Waals surface area contributed by atoms with Crippen LogP contribution < -0.4 is 21.5 Å². The molecule has 1 amide bonds. The molecule has 0 spiro atoms. The number of pyridine rings is 2. The van der Waals surface area contributed by atoms with Gasteiger partial charge in [0.25, 0.3) is 11.5 Å². The summed E-state index contributed by atoms with van der Waals surface area (Å²) in [5, 5.41) is 17.4. The maximum atomic E-state index is 13.2. The highest BCUT2D eigenvalue weighted by atomic mass is 16.1. The van der Waals surface area contributed by atoms with Crippen LogP contribution >= 0.6 is 0 Å². The van der Waals surface area contributed by atoms with Gasteiger partial charge in [0, 0.05) is 47.7 Å². The molecule has 176 valence electrons. The van der Waals surface area contributed by atoms with Crippen LogP contribution in [0.1, 0.15) is 72.6 Å². The van der Waals surface area contributed by atoms with Crippen molar-refractivity contribution in [2.24, 2.45) is 0 Å². The predicted octanol–water partition coefficient (Wildman–Crippen LogP) is 3.29. The van der Waals surface area contributed by atoms with Crippen LogP contribution in [0, 0.1) is 19.3 Å². The number of aromatic amines is 1. The van der Waals surface area contributed by atoms with E-state index < -0.39 is 0 Å². The number of nitrogens with one attached hydrogen (secondary N) is 5. The first kappa shape index (κ1) is 24.4. The second kappa shape index (κ2) is 8.94. The molecule has 0 aliphatic carbocycles. The Kier molecular flexibility index (Phi) is 6.61. The van der Waals surface area contributed by atoms with E-state index in [-0.39, 0.29) is 29.1 Å². The van der Waals surface area contributed by atoms with E-state index in [9.17, 15) is 9.59 Å². The van der Waals surface area contributed by atoms with E-state index in [1.807, 2.05) is 19.9 Å². The molecule has 3 heterocycles. The molecule has 0 aromatic carbocycles. The highest BCUT2D eigenvalue weighted by Gasteiger charge is 2.33. The van der Waals surface area contributed by atoms with Crippen LogP contribution in [0.25, 0.3) is 5.57 Å². The highest BCUT2D eigenvalue weighted by Crippen LogP contribution is 2.34. The summed E-state index contributed by atoms with van der Waals surface area (Å²) in [6, 6.07) is 3.62. The summed E-state index contributed by atoms with van der Waals surface area (Å²) in [6.07, 6.45) is 4.02. The molecular weight excluding hydrogens is 416 g/mol. The first-order valence-electron chi connectivity index (χ1n) is 11.1. The van der Waals surface area contributed by atoms with Crippen molar-refractivity contribution in [2.45, 2.75) is 65.6 Å². The van der Waals surface area contributed by atoms with E-state index in [4.69, 9.17) is 10.4 Å². The Balaban J connectivity index is 2.01. The Hall–Kier alpha value is -3.26. The van der Waals surface area contributed by atoms with E-state index in [0.29, 0.717) is 28.2 Å². The zero-order valence-corrected chi connectivity index (χ0v) is 20.5. The van der Waals surface area contributed by atoms with Gasteiger partial charge >= 0.3 is 0 Å². The minimum atomic E-state index is -0.360. The van der Waals surface area contributed by atoms with E-state index >= 15 is 0 Å². The number of rotatable bonds is 6. The van der Waals surface area contributed by atoms with Gasteiger partial charge in [0.2, 0.25) is 0 Å². The van der Waals surface area contributed by atoms with Crippen LogP contribution in [0.3, 0.4) is 0 Å². The zero-order valence-electron chi connectivity index (χ0n) is 20.5. The molecule has 0 saturated heterocycles. The van der Waals surface area contributed by atoms with Gasteiger partial charge in [-0.05, 0) is 71.2 Å². The molecule has 5 N–H and O–H groups in total. The van der Waals surface area contributed by atoms with E-state index in [0.717, 1.165) is 29.5 Å². The van der Waals surface area contributed by atoms with E-state index in [2.05, 4.69) is 54.7 Å². The molecule has 8 nitrogen and oxygen atoms in total. The average molecular weight is 451 g/mol. The number of carbonyl (C=O) groups excluding carboxylic acids is 1. The lowest BCUT2D eigenvalue weighted by Crippen LogP contribution is -2.53. The SMILES string of the molecule is CNc1nc(C2=CC(C)(C)NC(C)(C)C2)cc(C(=O)NCc2c(C)cc(C)[nH]c2=O)c1C=N. The quantitative estimate of drug-likeness (QED) is 0.432. The molecule has 0 fully saturated rings. The molecule has 0 atom stereocenters. The first-order chi connectivity index (χ1) is 15.4. The van der Waals surface area contributed by atoms with Gasteiger partial charge in [0.05, 0.1) is 11.3 Å². The molecule has 33 heavy (non-hydrogen) atoms. The topological polar surface area (TPSA) is 123 Å². The number of amides is 1. The lowest BCUT2D eigenvalue weighted by atomic mass is 9.82. The molecule has 3 rings (SSSR count). The van der Waals surface area contributed by atoms with Crippen LogP contribution in [-0.4, -0.2) is 40.2 Å². The van der Waals surface area contributed by atoms with Crippen LogP contribution in [0.2, 0.25) is 0 Å². The maximum Gasteiger partial charge on any atom is 0.253 e. The van der Waals surface area contributed by atoms with Crippen molar-refractivity contribution in [3.05, 3.63) is 62.2 Å². The molecule has 2 aromatic rings. The number of anilines is 1. The Morgan fingerprint density at radius 1 is 1.24 bits per heavy atom. The minimum Gasteiger partial charge on any atom is -0.373 e. The van der Waals surface area contributed by atoms with Gasteiger partial charge in [-0.25, -0.2) is 4.98 Å². The monoisotopic (exact) mass is 450 g/mol. The van der Waals surface area contributed by atoms with Crippen molar-refractivity contribution in [1.82, 2.24) is 20.6 Å². The Labute approximate surface area is 194 Å². The van der Waals surface area contributed by atoms with Gasteiger partial charge in [-0.15, -0.1) is 0 Å². The van der Waals surface area contributed by atoms with Gasteiger partial charge in [0.15, 0.2) is 0 Å². The third-order valence-electron chi connectivity index (χ3n) is 5.76. The standard InChI is InChI=1S/C25H34N6O2/c1-14-8-15(2)29-23(33)19(14)13-28-22(32)17-9-20(30-21(27-7)18(17)12-26)16-10-24(3,4)31-25(5,6)11-16/h8-10,12,26,31H,11,13H2,1-7H3,(H,27,30)(H,28,32)(H,29,33). The molecule has 1 aliphatic heterocycles. The normalized spacial score (nSPS) is 16.6. The summed E-state index contributed by atoms with van der Waals surface area (Å²) in [7, 11) is 1.72. The van der Waals surface area contributed by atoms with Crippen LogP contribution in [0.5, 0.6) is 0 Å². The summed E-state index contributed by atoms with van der Waals surface area (Å²) >= 11 is 0. The third-order valence-corrected chi connectivity index (χ3v) is 5.76. The van der Waals surface area contributed by atoms with Crippen LogP contribution in [0.4, 0.5) is 5.82 Å². The van der Waals surface area contributed by atoms with Crippen molar-refractivity contribution < 1.29 is 4.79 Å². The van der Waals surface area contributed by atoms with Gasteiger partial charge < -0.3 is 26.3 Å². The number of H-pyrrole nitrogens is 1. The second-order valence-electron chi connectivity index (χ2n) is 9.91. The van der Waals surface area contributed by atoms with Gasteiger partial charge in [-0.2, -0.15) is 0 Å². The summed E-state index contributed by atoms with van der Waals surface area (Å²) in [5.74, 6) is 0.105. The van der Waals surface area contributed by atoms with Crippen molar-refractivity contribution in [2.75, 3.05) is 12.4 Å². The summed E-state index contributed by atoms with van der Waals surface area (Å²) < 4.78 is 0. The molecule has 0 saturated carbocycles. The predicted molar refractivity (Wildman–Crippen MR) is 133 cm³/mol. The second-order valence-corrected chi connectivity index (χ2v) is 9.91. The molecule has 8 heteroatoms. The average Bonchev–Trinajstić information content (AvgIpc) is 2.69.